The van der Waals surface area contributed by atoms with E-state index in [-0.39, 0.29) is 12.5 Å². The van der Waals surface area contributed by atoms with Crippen LogP contribution in [0.15, 0.2) is 84.9 Å². The van der Waals surface area contributed by atoms with Crippen molar-refractivity contribution in [1.82, 2.24) is 4.98 Å². The summed E-state index contributed by atoms with van der Waals surface area (Å²) in [6, 6.07) is 23.1. The SMILES string of the molecule is N=COC(=N)/C(=C/c1ccc(C(F)(F)F)cc1)c1ccc(OCc2ccc3ccccc3n2)cc1. The molecule has 4 rings (SSSR count). The molecule has 4 aromatic rings. The quantitative estimate of drug-likeness (QED) is 0.172. The molecule has 176 valence electrons. The van der Waals surface area contributed by atoms with Gasteiger partial charge in [0.1, 0.15) is 12.4 Å². The minimum Gasteiger partial charge on any atom is -0.487 e. The lowest BCUT2D eigenvalue weighted by molar-refractivity contribution is -0.137. The van der Waals surface area contributed by atoms with E-state index < -0.39 is 11.7 Å². The minimum atomic E-state index is -4.43. The van der Waals surface area contributed by atoms with E-state index in [0.29, 0.717) is 28.9 Å². The van der Waals surface area contributed by atoms with Crippen LogP contribution in [0.2, 0.25) is 0 Å². The van der Waals surface area contributed by atoms with Gasteiger partial charge in [0, 0.05) is 11.0 Å². The third-order valence-electron chi connectivity index (χ3n) is 5.18. The smallest absolute Gasteiger partial charge is 0.416 e. The van der Waals surface area contributed by atoms with Gasteiger partial charge >= 0.3 is 6.18 Å². The van der Waals surface area contributed by atoms with E-state index in [1.807, 2.05) is 36.4 Å². The van der Waals surface area contributed by atoms with Crippen molar-refractivity contribution in [1.29, 1.82) is 10.8 Å². The molecule has 3 aromatic carbocycles. The standard InChI is InChI=1S/C27H20F3N3O2/c28-27(29,30)21-10-5-18(6-11-21)15-24(26(32)35-17-31)19-8-13-23(14-9-19)34-16-22-12-7-20-3-1-2-4-25(20)33-22/h1-15,17,31-32H,16H2/b24-15+,31-17?,32-26?. The first-order valence-corrected chi connectivity index (χ1v) is 10.5. The molecule has 0 atom stereocenters. The number of hydrogen-bond donors (Lipinski definition) is 2. The number of pyridine rings is 1. The summed E-state index contributed by atoms with van der Waals surface area (Å²) in [4.78, 5) is 4.58. The molecule has 1 heterocycles. The third kappa shape index (κ3) is 5.92. The van der Waals surface area contributed by atoms with Gasteiger partial charge < -0.3 is 9.47 Å². The maximum Gasteiger partial charge on any atom is 0.416 e. The highest BCUT2D eigenvalue weighted by molar-refractivity contribution is 6.24. The number of ether oxygens (including phenoxy) is 2. The number of nitrogens with zero attached hydrogens (tertiary/aromatic N) is 1. The summed E-state index contributed by atoms with van der Waals surface area (Å²) in [5, 5.41) is 16.3. The largest absolute Gasteiger partial charge is 0.487 e. The molecule has 0 amide bonds. The van der Waals surface area contributed by atoms with E-state index in [9.17, 15) is 13.2 Å². The van der Waals surface area contributed by atoms with Gasteiger partial charge in [-0.2, -0.15) is 13.2 Å². The second-order valence-corrected chi connectivity index (χ2v) is 7.55. The van der Waals surface area contributed by atoms with Crippen LogP contribution in [-0.2, 0) is 17.5 Å². The van der Waals surface area contributed by atoms with Crippen LogP contribution in [0, 0.1) is 10.8 Å². The third-order valence-corrected chi connectivity index (χ3v) is 5.18. The number of hydrogen-bond acceptors (Lipinski definition) is 5. The van der Waals surface area contributed by atoms with Gasteiger partial charge in [-0.15, -0.1) is 0 Å². The van der Waals surface area contributed by atoms with Gasteiger partial charge in [-0.3, -0.25) is 10.8 Å². The predicted octanol–water partition coefficient (Wildman–Crippen LogP) is 6.97. The Morgan fingerprint density at radius 3 is 2.29 bits per heavy atom. The van der Waals surface area contributed by atoms with E-state index in [4.69, 9.17) is 20.3 Å². The second-order valence-electron chi connectivity index (χ2n) is 7.55. The van der Waals surface area contributed by atoms with Crippen LogP contribution in [0.5, 0.6) is 5.75 Å². The van der Waals surface area contributed by atoms with Gasteiger partial charge in [-0.1, -0.05) is 48.5 Å². The molecule has 0 bridgehead atoms. The van der Waals surface area contributed by atoms with Crippen molar-refractivity contribution in [3.63, 3.8) is 0 Å². The van der Waals surface area contributed by atoms with Crippen molar-refractivity contribution in [2.75, 3.05) is 0 Å². The molecular weight excluding hydrogens is 455 g/mol. The lowest BCUT2D eigenvalue weighted by atomic mass is 10.0. The molecule has 1 aromatic heterocycles. The van der Waals surface area contributed by atoms with E-state index in [0.717, 1.165) is 28.7 Å². The summed E-state index contributed by atoms with van der Waals surface area (Å²) >= 11 is 0. The van der Waals surface area contributed by atoms with E-state index >= 15 is 0 Å². The summed E-state index contributed by atoms with van der Waals surface area (Å²) in [5.74, 6) is 0.269. The number of halogens is 3. The van der Waals surface area contributed by atoms with Crippen LogP contribution in [0.1, 0.15) is 22.4 Å². The number of nitrogens with one attached hydrogen (secondary N) is 2. The van der Waals surface area contributed by atoms with Gasteiger partial charge in [-0.25, -0.2) is 4.98 Å². The van der Waals surface area contributed by atoms with E-state index in [2.05, 4.69) is 4.98 Å². The number of alkyl halides is 3. The van der Waals surface area contributed by atoms with Gasteiger partial charge in [-0.05, 0) is 53.6 Å². The molecule has 0 aliphatic heterocycles. The Hall–Kier alpha value is -4.46. The minimum absolute atomic E-state index is 0.269. The van der Waals surface area contributed by atoms with Crippen LogP contribution in [0.4, 0.5) is 13.2 Å². The van der Waals surface area contributed by atoms with Crippen molar-refractivity contribution in [3.8, 4) is 5.75 Å². The highest BCUT2D eigenvalue weighted by Gasteiger charge is 2.29. The Morgan fingerprint density at radius 1 is 0.886 bits per heavy atom. The summed E-state index contributed by atoms with van der Waals surface area (Å²) in [5.41, 5.74) is 2.23. The van der Waals surface area contributed by atoms with E-state index in [1.54, 1.807) is 24.3 Å². The molecule has 0 spiro atoms. The van der Waals surface area contributed by atoms with Crippen molar-refractivity contribution in [2.45, 2.75) is 12.8 Å². The van der Waals surface area contributed by atoms with Gasteiger partial charge in [0.25, 0.3) is 0 Å². The number of aromatic nitrogens is 1. The first-order valence-electron chi connectivity index (χ1n) is 10.5. The number of benzene rings is 3. The van der Waals surface area contributed by atoms with Crippen molar-refractivity contribution in [3.05, 3.63) is 107 Å². The van der Waals surface area contributed by atoms with Crippen LogP contribution in [0.25, 0.3) is 22.6 Å². The molecule has 0 fully saturated rings. The fourth-order valence-corrected chi connectivity index (χ4v) is 3.41. The average molecular weight is 475 g/mol. The number of fused-ring (bicyclic) bond motifs is 1. The summed E-state index contributed by atoms with van der Waals surface area (Å²) in [6.45, 7) is 0.269. The normalized spacial score (nSPS) is 11.8. The molecular formula is C27H20F3N3O2. The molecule has 35 heavy (non-hydrogen) atoms. The zero-order chi connectivity index (χ0) is 24.8. The molecule has 5 nitrogen and oxygen atoms in total. The van der Waals surface area contributed by atoms with Crippen LogP contribution < -0.4 is 4.74 Å². The Balaban J connectivity index is 1.52. The molecule has 0 aliphatic rings. The fourth-order valence-electron chi connectivity index (χ4n) is 3.41. The second kappa shape index (κ2) is 10.2. The molecule has 2 N–H and O–H groups in total. The monoisotopic (exact) mass is 475 g/mol. The van der Waals surface area contributed by atoms with Gasteiger partial charge in [0.2, 0.25) is 5.90 Å². The molecule has 8 heteroatoms. The van der Waals surface area contributed by atoms with Crippen molar-refractivity contribution < 1.29 is 22.6 Å². The predicted molar refractivity (Wildman–Crippen MR) is 129 cm³/mol. The number of rotatable bonds is 7. The summed E-state index contributed by atoms with van der Waals surface area (Å²) in [7, 11) is 0. The number of para-hydroxylation sites is 1. The van der Waals surface area contributed by atoms with Gasteiger partial charge in [0.15, 0.2) is 6.40 Å². The molecule has 0 radical (unpaired) electrons. The zero-order valence-corrected chi connectivity index (χ0v) is 18.3. The molecule has 0 aliphatic carbocycles. The van der Waals surface area contributed by atoms with Crippen LogP contribution >= 0.6 is 0 Å². The van der Waals surface area contributed by atoms with Crippen LogP contribution in [-0.4, -0.2) is 17.3 Å². The lowest BCUT2D eigenvalue weighted by Gasteiger charge is -2.11. The summed E-state index contributed by atoms with van der Waals surface area (Å²) in [6.07, 6.45) is -2.28. The Kier molecular flexibility index (Phi) is 6.91. The highest BCUT2D eigenvalue weighted by Crippen LogP contribution is 2.30. The van der Waals surface area contributed by atoms with Gasteiger partial charge in [0.05, 0.1) is 16.8 Å². The fraction of sp³-hybridized carbons (Fsp3) is 0.0741. The lowest BCUT2D eigenvalue weighted by Crippen LogP contribution is -2.06. The molecule has 0 unspecified atom stereocenters. The van der Waals surface area contributed by atoms with Crippen molar-refractivity contribution >= 4 is 34.9 Å². The first-order chi connectivity index (χ1) is 16.8. The van der Waals surface area contributed by atoms with E-state index in [1.165, 1.54) is 18.2 Å². The Bertz CT molecular complexity index is 1380. The van der Waals surface area contributed by atoms with Crippen molar-refractivity contribution in [2.24, 2.45) is 0 Å². The Labute approximate surface area is 199 Å². The topological polar surface area (TPSA) is 79.0 Å². The summed E-state index contributed by atoms with van der Waals surface area (Å²) < 4.78 is 49.3. The van der Waals surface area contributed by atoms with Crippen LogP contribution in [0.3, 0.4) is 0 Å². The maximum absolute atomic E-state index is 12.8. The first kappa shape index (κ1) is 23.7. The molecule has 0 saturated carbocycles. The zero-order valence-electron chi connectivity index (χ0n) is 18.3. The highest BCUT2D eigenvalue weighted by atomic mass is 19.4. The average Bonchev–Trinajstić information content (AvgIpc) is 2.86. The Morgan fingerprint density at radius 2 is 1.60 bits per heavy atom. The molecule has 0 saturated heterocycles. The maximum atomic E-state index is 12.8.